The molecule has 2 aromatic rings. The summed E-state index contributed by atoms with van der Waals surface area (Å²) >= 11 is 0. The van der Waals surface area contributed by atoms with Gasteiger partial charge in [0.2, 0.25) is 5.95 Å². The van der Waals surface area contributed by atoms with Crippen molar-refractivity contribution >= 4 is 11.9 Å². The number of fused-ring (bicyclic) bond motifs is 1. The molecule has 2 aliphatic heterocycles. The molecular formula is C27H37N5O2. The second kappa shape index (κ2) is 9.90. The van der Waals surface area contributed by atoms with Crippen LogP contribution in [-0.2, 0) is 17.6 Å². The van der Waals surface area contributed by atoms with Crippen LogP contribution in [0.3, 0.4) is 0 Å². The van der Waals surface area contributed by atoms with Crippen molar-refractivity contribution in [1.29, 1.82) is 0 Å². The van der Waals surface area contributed by atoms with Gasteiger partial charge in [0, 0.05) is 57.9 Å². The molecule has 2 fully saturated rings. The molecule has 34 heavy (non-hydrogen) atoms. The molecule has 1 amide bonds. The summed E-state index contributed by atoms with van der Waals surface area (Å²) in [6.07, 6.45) is 7.11. The minimum absolute atomic E-state index is 0.0361. The summed E-state index contributed by atoms with van der Waals surface area (Å²) in [5.41, 5.74) is 4.50. The molecule has 1 saturated carbocycles. The van der Waals surface area contributed by atoms with Crippen molar-refractivity contribution in [2.45, 2.75) is 65.0 Å². The van der Waals surface area contributed by atoms with Crippen LogP contribution in [0.4, 0.5) is 5.95 Å². The van der Waals surface area contributed by atoms with E-state index in [1.54, 1.807) is 0 Å². The van der Waals surface area contributed by atoms with E-state index in [4.69, 9.17) is 14.7 Å². The van der Waals surface area contributed by atoms with Crippen molar-refractivity contribution in [3.05, 3.63) is 46.8 Å². The number of anilines is 1. The number of aromatic nitrogens is 2. The molecule has 0 radical (unpaired) electrons. The van der Waals surface area contributed by atoms with Gasteiger partial charge in [-0.25, -0.2) is 9.97 Å². The molecule has 1 saturated heterocycles. The first-order valence-corrected chi connectivity index (χ1v) is 12.8. The number of carbonyl (C=O) groups excluding carboxylic acids is 1. The van der Waals surface area contributed by atoms with E-state index in [0.717, 1.165) is 73.6 Å². The van der Waals surface area contributed by atoms with E-state index in [1.807, 2.05) is 37.1 Å². The largest absolute Gasteiger partial charge is 0.481 e. The summed E-state index contributed by atoms with van der Waals surface area (Å²) in [4.78, 5) is 29.7. The highest BCUT2D eigenvalue weighted by Crippen LogP contribution is 2.27. The number of piperazine rings is 1. The van der Waals surface area contributed by atoms with Gasteiger partial charge in [-0.1, -0.05) is 18.6 Å². The van der Waals surface area contributed by atoms with Crippen LogP contribution in [0, 0.1) is 13.8 Å². The fourth-order valence-electron chi connectivity index (χ4n) is 5.23. The van der Waals surface area contributed by atoms with Gasteiger partial charge >= 0.3 is 0 Å². The number of carbonyl (C=O) groups is 1. The molecule has 5 rings (SSSR count). The lowest BCUT2D eigenvalue weighted by Gasteiger charge is -2.43. The van der Waals surface area contributed by atoms with Gasteiger partial charge in [-0.05, 0) is 62.8 Å². The predicted octanol–water partition coefficient (Wildman–Crippen LogP) is 3.16. The van der Waals surface area contributed by atoms with Gasteiger partial charge < -0.3 is 14.5 Å². The molecule has 1 aromatic carbocycles. The maximum atomic E-state index is 13.2. The minimum atomic E-state index is -0.518. The molecule has 1 aliphatic carbocycles. The second-order valence-electron chi connectivity index (χ2n) is 10.0. The van der Waals surface area contributed by atoms with E-state index < -0.39 is 6.10 Å². The van der Waals surface area contributed by atoms with E-state index >= 15 is 0 Å². The van der Waals surface area contributed by atoms with Gasteiger partial charge in [0.25, 0.3) is 5.91 Å². The van der Waals surface area contributed by atoms with Gasteiger partial charge in [0.1, 0.15) is 5.75 Å². The van der Waals surface area contributed by atoms with E-state index in [1.165, 1.54) is 24.8 Å². The first-order chi connectivity index (χ1) is 16.5. The van der Waals surface area contributed by atoms with Crippen LogP contribution in [0.1, 0.15) is 48.6 Å². The van der Waals surface area contributed by atoms with Crippen LogP contribution < -0.4 is 9.64 Å². The number of benzene rings is 1. The number of ether oxygens (including phenoxy) is 1. The number of rotatable bonds is 5. The highest BCUT2D eigenvalue weighted by Gasteiger charge is 2.29. The Bertz CT molecular complexity index is 1030. The molecular weight excluding hydrogens is 426 g/mol. The number of hydrogen-bond acceptors (Lipinski definition) is 6. The summed E-state index contributed by atoms with van der Waals surface area (Å²) in [5, 5.41) is 0. The predicted molar refractivity (Wildman–Crippen MR) is 133 cm³/mol. The summed E-state index contributed by atoms with van der Waals surface area (Å²) in [7, 11) is 0. The second-order valence-corrected chi connectivity index (χ2v) is 10.0. The zero-order chi connectivity index (χ0) is 23.7. The minimum Gasteiger partial charge on any atom is -0.481 e. The van der Waals surface area contributed by atoms with Crippen LogP contribution in [0.25, 0.3) is 0 Å². The fourth-order valence-corrected chi connectivity index (χ4v) is 5.23. The zero-order valence-corrected chi connectivity index (χ0v) is 20.8. The average molecular weight is 464 g/mol. The lowest BCUT2D eigenvalue weighted by Crippen LogP contribution is -2.52. The third-order valence-corrected chi connectivity index (χ3v) is 7.92. The quantitative estimate of drug-likeness (QED) is 0.679. The van der Waals surface area contributed by atoms with Crippen LogP contribution in [0.15, 0.2) is 24.4 Å². The highest BCUT2D eigenvalue weighted by molar-refractivity contribution is 5.81. The third-order valence-electron chi connectivity index (χ3n) is 7.92. The Morgan fingerprint density at radius 1 is 1.06 bits per heavy atom. The summed E-state index contributed by atoms with van der Waals surface area (Å²) < 4.78 is 6.07. The summed E-state index contributed by atoms with van der Waals surface area (Å²) in [5.74, 6) is 1.67. The van der Waals surface area contributed by atoms with Crippen molar-refractivity contribution < 1.29 is 9.53 Å². The van der Waals surface area contributed by atoms with Crippen molar-refractivity contribution in [3.63, 3.8) is 0 Å². The van der Waals surface area contributed by atoms with Gasteiger partial charge in [-0.2, -0.15) is 0 Å². The molecule has 0 bridgehead atoms. The van der Waals surface area contributed by atoms with Crippen molar-refractivity contribution in [2.75, 3.05) is 44.2 Å². The molecule has 7 heteroatoms. The molecule has 182 valence electrons. The smallest absolute Gasteiger partial charge is 0.263 e. The molecule has 3 aliphatic rings. The van der Waals surface area contributed by atoms with Gasteiger partial charge in [-0.15, -0.1) is 0 Å². The van der Waals surface area contributed by atoms with E-state index in [0.29, 0.717) is 13.1 Å². The van der Waals surface area contributed by atoms with Crippen LogP contribution in [0.2, 0.25) is 0 Å². The maximum absolute atomic E-state index is 13.2. The van der Waals surface area contributed by atoms with Crippen molar-refractivity contribution in [3.8, 4) is 5.75 Å². The normalized spacial score (nSPS) is 20.3. The van der Waals surface area contributed by atoms with Gasteiger partial charge in [-0.3, -0.25) is 9.69 Å². The van der Waals surface area contributed by atoms with E-state index in [2.05, 4.69) is 22.8 Å². The Morgan fingerprint density at radius 2 is 1.82 bits per heavy atom. The van der Waals surface area contributed by atoms with Crippen LogP contribution in [-0.4, -0.2) is 77.1 Å². The Labute approximate surface area is 203 Å². The lowest BCUT2D eigenvalue weighted by atomic mass is 9.91. The third kappa shape index (κ3) is 4.76. The first kappa shape index (κ1) is 23.1. The molecule has 1 atom stereocenters. The molecule has 1 aromatic heterocycles. The molecule has 3 heterocycles. The number of hydrogen-bond donors (Lipinski definition) is 0. The Morgan fingerprint density at radius 3 is 2.56 bits per heavy atom. The van der Waals surface area contributed by atoms with Crippen LogP contribution in [0.5, 0.6) is 5.75 Å². The Balaban J connectivity index is 1.19. The van der Waals surface area contributed by atoms with Gasteiger partial charge in [0.05, 0.1) is 5.69 Å². The standard InChI is InChI=1S/C27H37N5O2/c1-19-6-4-9-25(20(19)2)34-21(3)26(33)31-12-10-22-18-28-27(29-24(22)11-13-31)32-16-14-30(15-17-32)23-7-5-8-23/h4,6,9,18,21,23H,5,7-8,10-17H2,1-3H3. The molecule has 7 nitrogen and oxygen atoms in total. The monoisotopic (exact) mass is 463 g/mol. The topological polar surface area (TPSA) is 61.8 Å². The summed E-state index contributed by atoms with van der Waals surface area (Å²) in [6.45, 7) is 11.5. The lowest BCUT2D eigenvalue weighted by molar-refractivity contribution is -0.137. The van der Waals surface area contributed by atoms with Crippen molar-refractivity contribution in [1.82, 2.24) is 19.8 Å². The van der Waals surface area contributed by atoms with E-state index in [-0.39, 0.29) is 5.91 Å². The van der Waals surface area contributed by atoms with Crippen LogP contribution >= 0.6 is 0 Å². The molecule has 0 N–H and O–H groups in total. The number of amides is 1. The maximum Gasteiger partial charge on any atom is 0.263 e. The van der Waals surface area contributed by atoms with Gasteiger partial charge in [0.15, 0.2) is 6.10 Å². The molecule has 1 unspecified atom stereocenters. The average Bonchev–Trinajstić information content (AvgIpc) is 3.03. The number of aryl methyl sites for hydroxylation is 1. The zero-order valence-electron chi connectivity index (χ0n) is 20.8. The molecule has 0 spiro atoms. The number of nitrogens with zero attached hydrogens (tertiary/aromatic N) is 5. The van der Waals surface area contributed by atoms with E-state index in [9.17, 15) is 4.79 Å². The highest BCUT2D eigenvalue weighted by atomic mass is 16.5. The Kier molecular flexibility index (Phi) is 6.73. The summed E-state index contributed by atoms with van der Waals surface area (Å²) in [6, 6.07) is 6.78. The first-order valence-electron chi connectivity index (χ1n) is 12.8. The SMILES string of the molecule is Cc1cccc(OC(C)C(=O)N2CCc3cnc(N4CCN(C5CCC5)CC4)nc3CC2)c1C. The fraction of sp³-hybridized carbons (Fsp3) is 0.593. The van der Waals surface area contributed by atoms with Crippen molar-refractivity contribution in [2.24, 2.45) is 0 Å². The Hall–Kier alpha value is -2.67.